The van der Waals surface area contributed by atoms with Crippen molar-refractivity contribution in [3.8, 4) is 11.3 Å². The van der Waals surface area contributed by atoms with Crippen LogP contribution in [-0.4, -0.2) is 26.9 Å². The number of aromatic nitrogens is 2. The zero-order chi connectivity index (χ0) is 13.2. The van der Waals surface area contributed by atoms with E-state index in [4.69, 9.17) is 5.73 Å². The second kappa shape index (κ2) is 5.68. The second-order valence-corrected chi connectivity index (χ2v) is 7.62. The molecule has 0 aliphatic carbocycles. The van der Waals surface area contributed by atoms with E-state index in [1.54, 1.807) is 11.3 Å². The Hall–Kier alpha value is -0.790. The smallest absolute Gasteiger partial charge is 0.148 e. The van der Waals surface area contributed by atoms with Crippen molar-refractivity contribution in [1.29, 1.82) is 0 Å². The number of nitrogens with two attached hydrogens (primary N) is 1. The van der Waals surface area contributed by atoms with Gasteiger partial charge < -0.3 is 11.1 Å². The van der Waals surface area contributed by atoms with Crippen molar-refractivity contribution in [2.75, 3.05) is 22.6 Å². The fraction of sp³-hybridized carbons (Fsp3) is 0.500. The fourth-order valence-electron chi connectivity index (χ4n) is 2.15. The fourth-order valence-corrected chi connectivity index (χ4v) is 4.67. The molecule has 1 saturated heterocycles. The molecule has 0 atom stereocenters. The topological polar surface area (TPSA) is 63.8 Å². The molecule has 0 aromatic carbocycles. The Morgan fingerprint density at radius 1 is 1.37 bits per heavy atom. The van der Waals surface area contributed by atoms with Gasteiger partial charge in [-0.2, -0.15) is 16.1 Å². The summed E-state index contributed by atoms with van der Waals surface area (Å²) in [5.74, 6) is 3.05. The maximum absolute atomic E-state index is 6.01. The van der Waals surface area contributed by atoms with Crippen LogP contribution in [0.1, 0.15) is 17.8 Å². The highest BCUT2D eigenvalue weighted by Gasteiger charge is 2.20. The molecule has 3 heterocycles. The summed E-state index contributed by atoms with van der Waals surface area (Å²) in [6.45, 7) is 2.01. The zero-order valence-corrected chi connectivity index (χ0v) is 13.1. The van der Waals surface area contributed by atoms with Crippen molar-refractivity contribution in [2.24, 2.45) is 0 Å². The first-order valence-electron chi connectivity index (χ1n) is 6.26. The van der Waals surface area contributed by atoms with Gasteiger partial charge in [0.2, 0.25) is 0 Å². The molecule has 2 aromatic heterocycles. The average molecular weight is 312 g/mol. The molecule has 3 rings (SSSR count). The minimum atomic E-state index is 0.541. The van der Waals surface area contributed by atoms with Crippen LogP contribution >= 0.6 is 34.6 Å². The van der Waals surface area contributed by atoms with Crippen LogP contribution in [0.15, 0.2) is 5.38 Å². The molecule has 102 valence electrons. The number of nitrogen functional groups attached to an aromatic ring is 1. The van der Waals surface area contributed by atoms with E-state index in [1.807, 2.05) is 18.7 Å². The Morgan fingerprint density at radius 3 is 2.84 bits per heavy atom. The monoisotopic (exact) mass is 312 g/mol. The predicted molar refractivity (Wildman–Crippen MR) is 86.3 cm³/mol. The molecule has 0 radical (unpaired) electrons. The van der Waals surface area contributed by atoms with Gasteiger partial charge in [0.05, 0.1) is 16.3 Å². The van der Waals surface area contributed by atoms with E-state index in [0.29, 0.717) is 11.9 Å². The van der Waals surface area contributed by atoms with Gasteiger partial charge in [0.25, 0.3) is 0 Å². The van der Waals surface area contributed by atoms with Crippen LogP contribution in [0.25, 0.3) is 11.3 Å². The van der Waals surface area contributed by atoms with Gasteiger partial charge in [-0.1, -0.05) is 0 Å². The number of hydrogen-bond donors (Lipinski definition) is 2. The predicted octanol–water partition coefficient (Wildman–Crippen LogP) is 3.46. The van der Waals surface area contributed by atoms with E-state index in [0.717, 1.165) is 21.3 Å². The van der Waals surface area contributed by atoms with Crippen molar-refractivity contribution in [1.82, 2.24) is 9.36 Å². The summed E-state index contributed by atoms with van der Waals surface area (Å²) in [6.07, 6.45) is 2.41. The number of nitrogens with zero attached hydrogens (tertiary/aromatic N) is 2. The van der Waals surface area contributed by atoms with E-state index >= 15 is 0 Å². The van der Waals surface area contributed by atoms with E-state index in [1.165, 1.54) is 35.9 Å². The molecular weight excluding hydrogens is 296 g/mol. The van der Waals surface area contributed by atoms with Gasteiger partial charge in [-0.05, 0) is 42.8 Å². The molecule has 0 bridgehead atoms. The summed E-state index contributed by atoms with van der Waals surface area (Å²) in [7, 11) is 0. The molecule has 0 spiro atoms. The number of anilines is 2. The lowest BCUT2D eigenvalue weighted by atomic mass is 10.1. The summed E-state index contributed by atoms with van der Waals surface area (Å²) in [5.41, 5.74) is 7.93. The lowest BCUT2D eigenvalue weighted by Crippen LogP contribution is -2.24. The van der Waals surface area contributed by atoms with Gasteiger partial charge in [-0.25, -0.2) is 4.98 Å². The highest BCUT2D eigenvalue weighted by molar-refractivity contribution is 7.99. The number of nitrogens with one attached hydrogen (secondary N) is 1. The molecule has 1 fully saturated rings. The first-order valence-corrected chi connectivity index (χ1v) is 9.06. The highest BCUT2D eigenvalue weighted by Crippen LogP contribution is 2.38. The van der Waals surface area contributed by atoms with Crippen molar-refractivity contribution in [3.63, 3.8) is 0 Å². The number of rotatable bonds is 3. The van der Waals surface area contributed by atoms with Crippen LogP contribution in [0, 0.1) is 6.92 Å². The van der Waals surface area contributed by atoms with Crippen LogP contribution in [0.3, 0.4) is 0 Å². The Labute approximate surface area is 125 Å². The maximum Gasteiger partial charge on any atom is 0.148 e. The molecule has 1 aliphatic rings. The van der Waals surface area contributed by atoms with Crippen molar-refractivity contribution < 1.29 is 0 Å². The van der Waals surface area contributed by atoms with Gasteiger partial charge in [0, 0.05) is 11.4 Å². The Kier molecular flexibility index (Phi) is 3.95. The minimum Gasteiger partial charge on any atom is -0.382 e. The standard InChI is InChI=1S/C12H16N4S3/c1-7-14-9(6-18-7)10-11(13)16-19-12(10)15-8-2-4-17-5-3-8/h6,8,15H,2-5H2,1H3,(H2,13,16). The third kappa shape index (κ3) is 2.88. The number of thiazole rings is 1. The third-order valence-electron chi connectivity index (χ3n) is 3.15. The molecule has 0 saturated carbocycles. The van der Waals surface area contributed by atoms with Crippen LogP contribution < -0.4 is 11.1 Å². The highest BCUT2D eigenvalue weighted by atomic mass is 32.2. The molecule has 0 amide bonds. The molecule has 3 N–H and O–H groups in total. The average Bonchev–Trinajstić information content (AvgIpc) is 2.97. The summed E-state index contributed by atoms with van der Waals surface area (Å²) >= 11 is 5.12. The lowest BCUT2D eigenvalue weighted by molar-refractivity contribution is 0.669. The van der Waals surface area contributed by atoms with Gasteiger partial charge >= 0.3 is 0 Å². The Morgan fingerprint density at radius 2 is 2.16 bits per heavy atom. The normalized spacial score (nSPS) is 16.7. The Bertz CT molecular complexity index is 557. The third-order valence-corrected chi connectivity index (χ3v) is 5.76. The first-order chi connectivity index (χ1) is 9.24. The van der Waals surface area contributed by atoms with Crippen LogP contribution in [-0.2, 0) is 0 Å². The molecule has 4 nitrogen and oxygen atoms in total. The molecule has 7 heteroatoms. The van der Waals surface area contributed by atoms with Crippen LogP contribution in [0.4, 0.5) is 10.8 Å². The van der Waals surface area contributed by atoms with Gasteiger partial charge in [-0.15, -0.1) is 11.3 Å². The Balaban J connectivity index is 1.85. The first kappa shape index (κ1) is 13.2. The number of aryl methyl sites for hydroxylation is 1. The lowest BCUT2D eigenvalue weighted by Gasteiger charge is -2.23. The summed E-state index contributed by atoms with van der Waals surface area (Å²) in [5, 5.41) is 7.78. The number of thioether (sulfide) groups is 1. The number of hydrogen-bond acceptors (Lipinski definition) is 7. The molecule has 1 aliphatic heterocycles. The molecule has 0 unspecified atom stereocenters. The maximum atomic E-state index is 6.01. The van der Waals surface area contributed by atoms with Gasteiger partial charge in [0.1, 0.15) is 10.8 Å². The van der Waals surface area contributed by atoms with E-state index in [2.05, 4.69) is 20.1 Å². The molecule has 2 aromatic rings. The quantitative estimate of drug-likeness (QED) is 0.908. The zero-order valence-electron chi connectivity index (χ0n) is 10.7. The molecular formula is C12H16N4S3. The second-order valence-electron chi connectivity index (χ2n) is 4.55. The summed E-state index contributed by atoms with van der Waals surface area (Å²) < 4.78 is 4.28. The largest absolute Gasteiger partial charge is 0.382 e. The van der Waals surface area contributed by atoms with E-state index in [9.17, 15) is 0 Å². The molecule has 19 heavy (non-hydrogen) atoms. The van der Waals surface area contributed by atoms with Gasteiger partial charge in [-0.3, -0.25) is 0 Å². The van der Waals surface area contributed by atoms with Crippen molar-refractivity contribution >= 4 is 45.5 Å². The summed E-state index contributed by atoms with van der Waals surface area (Å²) in [4.78, 5) is 4.53. The van der Waals surface area contributed by atoms with Crippen LogP contribution in [0.5, 0.6) is 0 Å². The van der Waals surface area contributed by atoms with Crippen molar-refractivity contribution in [3.05, 3.63) is 10.4 Å². The van der Waals surface area contributed by atoms with Gasteiger partial charge in [0.15, 0.2) is 0 Å². The van der Waals surface area contributed by atoms with E-state index < -0.39 is 0 Å². The SMILES string of the molecule is Cc1nc(-c2c(N)nsc2NC2CCSCC2)cs1. The van der Waals surface area contributed by atoms with E-state index in [-0.39, 0.29) is 0 Å². The van der Waals surface area contributed by atoms with Crippen molar-refractivity contribution in [2.45, 2.75) is 25.8 Å². The van der Waals surface area contributed by atoms with Crippen LogP contribution in [0.2, 0.25) is 0 Å². The summed E-state index contributed by atoms with van der Waals surface area (Å²) in [6, 6.07) is 0.541. The minimum absolute atomic E-state index is 0.541.